The Bertz CT molecular complexity index is 654. The topological polar surface area (TPSA) is 78.4 Å². The summed E-state index contributed by atoms with van der Waals surface area (Å²) in [6, 6.07) is 15.5. The number of aliphatic hydroxyl groups excluding tert-OH is 1. The van der Waals surface area contributed by atoms with E-state index in [9.17, 15) is 14.7 Å². The minimum atomic E-state index is -0.630. The van der Waals surface area contributed by atoms with Gasteiger partial charge in [0.1, 0.15) is 0 Å². The Morgan fingerprint density at radius 1 is 1.00 bits per heavy atom. The number of carbonyl (C=O) groups excluding carboxylic acids is 2. The van der Waals surface area contributed by atoms with Crippen LogP contribution in [-0.4, -0.2) is 29.6 Å². The van der Waals surface area contributed by atoms with Crippen LogP contribution in [0, 0.1) is 0 Å². The van der Waals surface area contributed by atoms with Crippen molar-refractivity contribution >= 4 is 17.5 Å². The van der Waals surface area contributed by atoms with Crippen LogP contribution in [0.4, 0.5) is 5.69 Å². The molecule has 1 unspecified atom stereocenters. The lowest BCUT2D eigenvalue weighted by atomic mass is 10.1. The van der Waals surface area contributed by atoms with Gasteiger partial charge in [-0.25, -0.2) is 0 Å². The lowest BCUT2D eigenvalue weighted by Crippen LogP contribution is -2.31. The van der Waals surface area contributed by atoms with Gasteiger partial charge in [0, 0.05) is 12.1 Å². The van der Waals surface area contributed by atoms with Gasteiger partial charge in [0.2, 0.25) is 0 Å². The Hall–Kier alpha value is -2.66. The molecule has 0 aliphatic rings. The van der Waals surface area contributed by atoms with Gasteiger partial charge in [-0.1, -0.05) is 30.3 Å². The SMILES string of the molecule is CC(O)CNC(=O)c1ccccc1NC(=O)c1ccccc1. The average Bonchev–Trinajstić information content (AvgIpc) is 2.54. The molecule has 5 heteroatoms. The first-order valence-corrected chi connectivity index (χ1v) is 6.99. The minimum absolute atomic E-state index is 0.153. The Kier molecular flexibility index (Phi) is 5.27. The fraction of sp³-hybridized carbons (Fsp3) is 0.176. The maximum atomic E-state index is 12.2. The van der Waals surface area contributed by atoms with Crippen molar-refractivity contribution in [1.29, 1.82) is 0 Å². The summed E-state index contributed by atoms with van der Waals surface area (Å²) in [5.41, 5.74) is 1.30. The second kappa shape index (κ2) is 7.38. The molecule has 0 aromatic heterocycles. The number of benzene rings is 2. The van der Waals surface area contributed by atoms with E-state index in [1.165, 1.54) is 0 Å². The average molecular weight is 298 g/mol. The predicted octanol–water partition coefficient (Wildman–Crippen LogP) is 2.05. The van der Waals surface area contributed by atoms with Gasteiger partial charge in [0.25, 0.3) is 11.8 Å². The van der Waals surface area contributed by atoms with Crippen LogP contribution in [0.25, 0.3) is 0 Å². The molecule has 5 nitrogen and oxygen atoms in total. The van der Waals surface area contributed by atoms with Crippen molar-refractivity contribution in [2.75, 3.05) is 11.9 Å². The van der Waals surface area contributed by atoms with Crippen molar-refractivity contribution < 1.29 is 14.7 Å². The number of aliphatic hydroxyl groups is 1. The van der Waals surface area contributed by atoms with Crippen LogP contribution < -0.4 is 10.6 Å². The molecule has 2 aromatic carbocycles. The van der Waals surface area contributed by atoms with E-state index >= 15 is 0 Å². The van der Waals surface area contributed by atoms with Crippen LogP contribution in [0.5, 0.6) is 0 Å². The van der Waals surface area contributed by atoms with Gasteiger partial charge in [0.15, 0.2) is 0 Å². The summed E-state index contributed by atoms with van der Waals surface area (Å²) in [5, 5.41) is 14.6. The number of rotatable bonds is 5. The normalized spacial score (nSPS) is 11.5. The number of amides is 2. The highest BCUT2D eigenvalue weighted by atomic mass is 16.3. The quantitative estimate of drug-likeness (QED) is 0.790. The van der Waals surface area contributed by atoms with E-state index in [-0.39, 0.29) is 18.4 Å². The van der Waals surface area contributed by atoms with Crippen molar-refractivity contribution in [3.63, 3.8) is 0 Å². The van der Waals surface area contributed by atoms with Crippen LogP contribution in [0.15, 0.2) is 54.6 Å². The fourth-order valence-corrected chi connectivity index (χ4v) is 1.91. The fourth-order valence-electron chi connectivity index (χ4n) is 1.91. The summed E-state index contributed by atoms with van der Waals surface area (Å²) in [5.74, 6) is -0.624. The molecule has 0 fully saturated rings. The number of hydrogen-bond donors (Lipinski definition) is 3. The van der Waals surface area contributed by atoms with Gasteiger partial charge in [0.05, 0.1) is 17.4 Å². The standard InChI is InChI=1S/C17H18N2O3/c1-12(20)11-18-17(22)14-9-5-6-10-15(14)19-16(21)13-7-3-2-4-8-13/h2-10,12,20H,11H2,1H3,(H,18,22)(H,19,21). The van der Waals surface area contributed by atoms with Gasteiger partial charge in [-0.15, -0.1) is 0 Å². The second-order valence-electron chi connectivity index (χ2n) is 4.92. The maximum absolute atomic E-state index is 12.2. The first-order valence-electron chi connectivity index (χ1n) is 6.99. The molecule has 2 aromatic rings. The molecular weight excluding hydrogens is 280 g/mol. The number of hydrogen-bond acceptors (Lipinski definition) is 3. The van der Waals surface area contributed by atoms with Crippen molar-refractivity contribution in [3.8, 4) is 0 Å². The highest BCUT2D eigenvalue weighted by Gasteiger charge is 2.14. The van der Waals surface area contributed by atoms with Gasteiger partial charge in [-0.3, -0.25) is 9.59 Å². The molecule has 0 saturated carbocycles. The summed E-state index contributed by atoms with van der Waals surface area (Å²) in [6.45, 7) is 1.74. The summed E-state index contributed by atoms with van der Waals surface area (Å²) in [4.78, 5) is 24.3. The van der Waals surface area contributed by atoms with Crippen molar-refractivity contribution in [2.24, 2.45) is 0 Å². The van der Waals surface area contributed by atoms with Crippen LogP contribution in [0.3, 0.4) is 0 Å². The molecule has 3 N–H and O–H groups in total. The molecular formula is C17H18N2O3. The zero-order chi connectivity index (χ0) is 15.9. The van der Waals surface area contributed by atoms with Gasteiger partial charge in [-0.2, -0.15) is 0 Å². The van der Waals surface area contributed by atoms with E-state index in [1.807, 2.05) is 6.07 Å². The summed E-state index contributed by atoms with van der Waals surface area (Å²) >= 11 is 0. The van der Waals surface area contributed by atoms with Crippen LogP contribution in [0.2, 0.25) is 0 Å². The van der Waals surface area contributed by atoms with E-state index < -0.39 is 6.10 Å². The van der Waals surface area contributed by atoms with E-state index in [4.69, 9.17) is 0 Å². The highest BCUT2D eigenvalue weighted by Crippen LogP contribution is 2.16. The first-order chi connectivity index (χ1) is 10.6. The molecule has 0 heterocycles. The monoisotopic (exact) mass is 298 g/mol. The Balaban J connectivity index is 2.15. The zero-order valence-corrected chi connectivity index (χ0v) is 12.2. The van der Waals surface area contributed by atoms with Crippen molar-refractivity contribution in [3.05, 3.63) is 65.7 Å². The van der Waals surface area contributed by atoms with E-state index in [2.05, 4.69) is 10.6 Å². The molecule has 2 amide bonds. The number of anilines is 1. The molecule has 2 rings (SSSR count). The highest BCUT2D eigenvalue weighted by molar-refractivity contribution is 6.08. The molecule has 0 spiro atoms. The van der Waals surface area contributed by atoms with Gasteiger partial charge in [-0.05, 0) is 31.2 Å². The Labute approximate surface area is 129 Å². The molecule has 1 atom stereocenters. The third-order valence-corrected chi connectivity index (χ3v) is 3.01. The maximum Gasteiger partial charge on any atom is 0.255 e. The zero-order valence-electron chi connectivity index (χ0n) is 12.2. The number of carbonyl (C=O) groups is 2. The van der Waals surface area contributed by atoms with E-state index in [0.717, 1.165) is 0 Å². The van der Waals surface area contributed by atoms with E-state index in [1.54, 1.807) is 55.5 Å². The molecule has 0 aliphatic carbocycles. The summed E-state index contributed by atoms with van der Waals surface area (Å²) < 4.78 is 0. The summed E-state index contributed by atoms with van der Waals surface area (Å²) in [7, 11) is 0. The van der Waals surface area contributed by atoms with E-state index in [0.29, 0.717) is 16.8 Å². The Morgan fingerprint density at radius 3 is 2.32 bits per heavy atom. The smallest absolute Gasteiger partial charge is 0.255 e. The molecule has 0 saturated heterocycles. The van der Waals surface area contributed by atoms with Crippen LogP contribution >= 0.6 is 0 Å². The Morgan fingerprint density at radius 2 is 1.64 bits per heavy atom. The molecule has 0 radical (unpaired) electrons. The third-order valence-electron chi connectivity index (χ3n) is 3.01. The molecule has 0 aliphatic heterocycles. The largest absolute Gasteiger partial charge is 0.392 e. The predicted molar refractivity (Wildman–Crippen MR) is 84.9 cm³/mol. The van der Waals surface area contributed by atoms with Gasteiger partial charge >= 0.3 is 0 Å². The van der Waals surface area contributed by atoms with Gasteiger partial charge < -0.3 is 15.7 Å². The van der Waals surface area contributed by atoms with Crippen molar-refractivity contribution in [2.45, 2.75) is 13.0 Å². The molecule has 0 bridgehead atoms. The second-order valence-corrected chi connectivity index (χ2v) is 4.92. The number of para-hydroxylation sites is 1. The number of nitrogens with one attached hydrogen (secondary N) is 2. The molecule has 22 heavy (non-hydrogen) atoms. The van der Waals surface area contributed by atoms with Crippen molar-refractivity contribution in [1.82, 2.24) is 5.32 Å². The lowest BCUT2D eigenvalue weighted by Gasteiger charge is -2.12. The van der Waals surface area contributed by atoms with Crippen LogP contribution in [-0.2, 0) is 0 Å². The lowest BCUT2D eigenvalue weighted by molar-refractivity contribution is 0.0925. The summed E-state index contributed by atoms with van der Waals surface area (Å²) in [6.07, 6.45) is -0.630. The first kappa shape index (κ1) is 15.7. The minimum Gasteiger partial charge on any atom is -0.392 e. The molecule has 114 valence electrons. The third kappa shape index (κ3) is 4.17. The van der Waals surface area contributed by atoms with Crippen LogP contribution in [0.1, 0.15) is 27.6 Å².